The average Bonchev–Trinajstić information content (AvgIpc) is 2.87. The van der Waals surface area contributed by atoms with Gasteiger partial charge in [0.1, 0.15) is 5.75 Å². The summed E-state index contributed by atoms with van der Waals surface area (Å²) >= 11 is 3.38. The van der Waals surface area contributed by atoms with Gasteiger partial charge < -0.3 is 19.1 Å². The van der Waals surface area contributed by atoms with Crippen molar-refractivity contribution in [2.75, 3.05) is 6.79 Å². The number of carbonyl (C=O) groups is 1. The van der Waals surface area contributed by atoms with E-state index in [0.717, 1.165) is 10.0 Å². The molecule has 0 radical (unpaired) electrons. The predicted octanol–water partition coefficient (Wildman–Crippen LogP) is 2.67. The molecule has 0 saturated carbocycles. The third kappa shape index (κ3) is 2.22. The Balaban J connectivity index is 2.12. The summed E-state index contributed by atoms with van der Waals surface area (Å²) in [7, 11) is 0. The third-order valence-electron chi connectivity index (χ3n) is 2.67. The molecule has 0 saturated heterocycles. The number of fused-ring (bicyclic) bond motifs is 1. The molecule has 0 atom stereocenters. The van der Waals surface area contributed by atoms with Crippen molar-refractivity contribution < 1.29 is 23.9 Å². The molecule has 7 heteroatoms. The van der Waals surface area contributed by atoms with Gasteiger partial charge in [0.25, 0.3) is 0 Å². The summed E-state index contributed by atoms with van der Waals surface area (Å²) < 4.78 is 16.5. The molecule has 98 valence electrons. The van der Waals surface area contributed by atoms with Crippen LogP contribution in [0.25, 0.3) is 11.3 Å². The predicted molar refractivity (Wildman–Crippen MR) is 66.9 cm³/mol. The maximum absolute atomic E-state index is 10.8. The van der Waals surface area contributed by atoms with E-state index in [1.54, 1.807) is 6.07 Å². The van der Waals surface area contributed by atoms with Crippen LogP contribution in [0.1, 0.15) is 16.1 Å². The summed E-state index contributed by atoms with van der Waals surface area (Å²) in [6, 6.07) is 5.03. The van der Waals surface area contributed by atoms with Crippen LogP contribution in [0.3, 0.4) is 0 Å². The Morgan fingerprint density at radius 1 is 1.37 bits per heavy atom. The fraction of sp³-hybridized carbons (Fsp3) is 0.167. The lowest BCUT2D eigenvalue weighted by Crippen LogP contribution is -2.12. The van der Waals surface area contributed by atoms with Crippen LogP contribution in [-0.2, 0) is 11.3 Å². The number of hydrogen-bond acceptors (Lipinski definition) is 5. The first-order valence-electron chi connectivity index (χ1n) is 5.38. The summed E-state index contributed by atoms with van der Waals surface area (Å²) in [6.45, 7) is 0.587. The molecular formula is C12H8BrNO5. The number of nitrogens with zero attached hydrogens (tertiary/aromatic N) is 1. The van der Waals surface area contributed by atoms with Crippen LogP contribution >= 0.6 is 15.9 Å². The lowest BCUT2D eigenvalue weighted by atomic mass is 10.1. The molecule has 1 aliphatic heterocycles. The van der Waals surface area contributed by atoms with E-state index < -0.39 is 5.97 Å². The summed E-state index contributed by atoms with van der Waals surface area (Å²) in [6.07, 6.45) is 0. The summed E-state index contributed by atoms with van der Waals surface area (Å²) in [5.41, 5.74) is 1.37. The zero-order valence-corrected chi connectivity index (χ0v) is 11.1. The molecule has 0 aliphatic carbocycles. The standard InChI is InChI=1S/C12H8BrNO5/c13-7-1-6-4-17-5-18-11(6)8(2-7)10-3-9(12(15)16)14-19-10/h1-3H,4-5H2,(H,15,16). The number of rotatable bonds is 2. The molecule has 6 nitrogen and oxygen atoms in total. The van der Waals surface area contributed by atoms with Crippen molar-refractivity contribution in [2.45, 2.75) is 6.61 Å². The van der Waals surface area contributed by atoms with E-state index in [1.165, 1.54) is 6.07 Å². The van der Waals surface area contributed by atoms with E-state index in [-0.39, 0.29) is 12.5 Å². The summed E-state index contributed by atoms with van der Waals surface area (Å²) in [4.78, 5) is 10.8. The highest BCUT2D eigenvalue weighted by atomic mass is 79.9. The first-order chi connectivity index (χ1) is 9.15. The maximum atomic E-state index is 10.8. The number of hydrogen-bond donors (Lipinski definition) is 1. The second kappa shape index (κ2) is 4.67. The lowest BCUT2D eigenvalue weighted by Gasteiger charge is -2.20. The van der Waals surface area contributed by atoms with Gasteiger partial charge in [-0.3, -0.25) is 0 Å². The lowest BCUT2D eigenvalue weighted by molar-refractivity contribution is -0.0160. The van der Waals surface area contributed by atoms with Gasteiger partial charge in [0.05, 0.1) is 12.2 Å². The van der Waals surface area contributed by atoms with Gasteiger partial charge in [0, 0.05) is 16.1 Å². The zero-order valence-electron chi connectivity index (χ0n) is 9.55. The topological polar surface area (TPSA) is 81.8 Å². The second-order valence-corrected chi connectivity index (χ2v) is 4.85. The Bertz CT molecular complexity index is 652. The molecule has 1 aromatic carbocycles. The van der Waals surface area contributed by atoms with Crippen molar-refractivity contribution >= 4 is 21.9 Å². The van der Waals surface area contributed by atoms with Crippen molar-refractivity contribution in [3.63, 3.8) is 0 Å². The van der Waals surface area contributed by atoms with Crippen LogP contribution < -0.4 is 4.74 Å². The minimum atomic E-state index is -1.14. The number of aromatic nitrogens is 1. The smallest absolute Gasteiger partial charge is 0.358 e. The third-order valence-corrected chi connectivity index (χ3v) is 3.13. The van der Waals surface area contributed by atoms with Crippen LogP contribution in [0, 0.1) is 0 Å². The number of benzene rings is 1. The van der Waals surface area contributed by atoms with E-state index in [9.17, 15) is 4.79 Å². The van der Waals surface area contributed by atoms with Gasteiger partial charge >= 0.3 is 5.97 Å². The first-order valence-corrected chi connectivity index (χ1v) is 6.18. The van der Waals surface area contributed by atoms with E-state index in [0.29, 0.717) is 23.7 Å². The second-order valence-electron chi connectivity index (χ2n) is 3.93. The number of aromatic carboxylic acids is 1. The van der Waals surface area contributed by atoms with E-state index in [2.05, 4.69) is 21.1 Å². The van der Waals surface area contributed by atoms with Crippen molar-refractivity contribution in [3.8, 4) is 17.1 Å². The highest BCUT2D eigenvalue weighted by Crippen LogP contribution is 2.38. The molecule has 19 heavy (non-hydrogen) atoms. The average molecular weight is 326 g/mol. The van der Waals surface area contributed by atoms with Crippen molar-refractivity contribution in [2.24, 2.45) is 0 Å². The largest absolute Gasteiger partial charge is 0.476 e. The molecule has 1 aliphatic rings. The van der Waals surface area contributed by atoms with Gasteiger partial charge in [-0.25, -0.2) is 4.79 Å². The Morgan fingerprint density at radius 3 is 2.95 bits per heavy atom. The van der Waals surface area contributed by atoms with Crippen LogP contribution in [-0.4, -0.2) is 23.0 Å². The van der Waals surface area contributed by atoms with Gasteiger partial charge in [-0.15, -0.1) is 0 Å². The molecule has 1 aromatic heterocycles. The van der Waals surface area contributed by atoms with E-state index >= 15 is 0 Å². The summed E-state index contributed by atoms with van der Waals surface area (Å²) in [5.74, 6) is -0.164. The van der Waals surface area contributed by atoms with Gasteiger partial charge in [0.15, 0.2) is 18.2 Å². The van der Waals surface area contributed by atoms with Crippen molar-refractivity contribution in [1.82, 2.24) is 5.16 Å². The Hall–Kier alpha value is -1.86. The number of halogens is 1. The van der Waals surface area contributed by atoms with Crippen molar-refractivity contribution in [3.05, 3.63) is 33.9 Å². The van der Waals surface area contributed by atoms with Crippen LogP contribution in [0.5, 0.6) is 5.75 Å². The molecule has 0 spiro atoms. The fourth-order valence-electron chi connectivity index (χ4n) is 1.87. The highest BCUT2D eigenvalue weighted by molar-refractivity contribution is 9.10. The van der Waals surface area contributed by atoms with E-state index in [4.69, 9.17) is 19.1 Å². The van der Waals surface area contributed by atoms with Gasteiger partial charge in [0.2, 0.25) is 0 Å². The Labute approximate surface area is 116 Å². The zero-order chi connectivity index (χ0) is 13.4. The molecule has 0 bridgehead atoms. The SMILES string of the molecule is O=C(O)c1cc(-c2cc(Br)cc3c2OCOC3)on1. The summed E-state index contributed by atoms with van der Waals surface area (Å²) in [5, 5.41) is 12.3. The molecule has 0 fully saturated rings. The molecule has 2 heterocycles. The van der Waals surface area contributed by atoms with E-state index in [1.807, 2.05) is 6.07 Å². The Kier molecular flexibility index (Phi) is 3.00. The number of ether oxygens (including phenoxy) is 2. The molecule has 3 rings (SSSR count). The van der Waals surface area contributed by atoms with Gasteiger partial charge in [-0.05, 0) is 12.1 Å². The van der Waals surface area contributed by atoms with Crippen LogP contribution in [0.4, 0.5) is 0 Å². The maximum Gasteiger partial charge on any atom is 0.358 e. The highest BCUT2D eigenvalue weighted by Gasteiger charge is 2.21. The molecule has 0 amide bonds. The fourth-order valence-corrected chi connectivity index (χ4v) is 2.37. The minimum Gasteiger partial charge on any atom is -0.476 e. The van der Waals surface area contributed by atoms with Gasteiger partial charge in [-0.1, -0.05) is 21.1 Å². The van der Waals surface area contributed by atoms with Crippen LogP contribution in [0.2, 0.25) is 0 Å². The molecule has 0 unspecified atom stereocenters. The van der Waals surface area contributed by atoms with Gasteiger partial charge in [-0.2, -0.15) is 0 Å². The molecular weight excluding hydrogens is 318 g/mol. The normalized spacial score (nSPS) is 13.7. The minimum absolute atomic E-state index is 0.143. The Morgan fingerprint density at radius 2 is 2.21 bits per heavy atom. The molecule has 1 N–H and O–H groups in total. The van der Waals surface area contributed by atoms with Crippen molar-refractivity contribution in [1.29, 1.82) is 0 Å². The number of carboxylic acid groups (broad SMARTS) is 1. The first kappa shape index (κ1) is 12.2. The molecule has 2 aromatic rings. The monoisotopic (exact) mass is 325 g/mol. The number of carboxylic acids is 1. The van der Waals surface area contributed by atoms with Crippen LogP contribution in [0.15, 0.2) is 27.2 Å². The quantitative estimate of drug-likeness (QED) is 0.914.